The zero-order valence-corrected chi connectivity index (χ0v) is 16.8. The molecule has 0 spiro atoms. The summed E-state index contributed by atoms with van der Waals surface area (Å²) < 4.78 is 1.90. The molecule has 142 valence electrons. The number of nitrogens with zero attached hydrogens (tertiary/aromatic N) is 5. The van der Waals surface area contributed by atoms with E-state index >= 15 is 0 Å². The molecule has 0 atom stereocenters. The topological polar surface area (TPSA) is 46.8 Å². The minimum atomic E-state index is 0.295. The SMILES string of the molecule is Cc1ccc(-n2ncc3c(N(Cc4ccccc4)C(C)C)ncnc32)cc1C. The molecule has 0 aliphatic heterocycles. The molecule has 5 nitrogen and oxygen atoms in total. The van der Waals surface area contributed by atoms with E-state index in [-0.39, 0.29) is 0 Å². The van der Waals surface area contributed by atoms with Gasteiger partial charge in [-0.3, -0.25) is 0 Å². The largest absolute Gasteiger partial charge is 0.349 e. The van der Waals surface area contributed by atoms with Crippen molar-refractivity contribution in [2.24, 2.45) is 0 Å². The van der Waals surface area contributed by atoms with E-state index in [9.17, 15) is 0 Å². The number of aromatic nitrogens is 4. The summed E-state index contributed by atoms with van der Waals surface area (Å²) in [6, 6.07) is 17.1. The molecule has 0 amide bonds. The highest BCUT2D eigenvalue weighted by molar-refractivity contribution is 5.87. The fourth-order valence-electron chi connectivity index (χ4n) is 3.39. The van der Waals surface area contributed by atoms with Crippen LogP contribution in [0, 0.1) is 13.8 Å². The molecule has 0 saturated carbocycles. The lowest BCUT2D eigenvalue weighted by atomic mass is 10.1. The first-order valence-electron chi connectivity index (χ1n) is 9.61. The van der Waals surface area contributed by atoms with Crippen molar-refractivity contribution in [3.05, 3.63) is 77.7 Å². The first-order chi connectivity index (χ1) is 13.5. The minimum Gasteiger partial charge on any atom is -0.349 e. The lowest BCUT2D eigenvalue weighted by Gasteiger charge is -2.28. The number of hydrogen-bond donors (Lipinski definition) is 0. The molecule has 0 aliphatic rings. The van der Waals surface area contributed by atoms with Gasteiger partial charge in [-0.05, 0) is 56.5 Å². The van der Waals surface area contributed by atoms with Crippen molar-refractivity contribution in [1.29, 1.82) is 0 Å². The normalized spacial score (nSPS) is 11.3. The molecule has 0 bridgehead atoms. The maximum Gasteiger partial charge on any atom is 0.168 e. The van der Waals surface area contributed by atoms with Crippen LogP contribution >= 0.6 is 0 Å². The van der Waals surface area contributed by atoms with Crippen molar-refractivity contribution >= 4 is 16.9 Å². The monoisotopic (exact) mass is 371 g/mol. The molecule has 0 saturated heterocycles. The van der Waals surface area contributed by atoms with Gasteiger partial charge in [0.05, 0.1) is 17.3 Å². The molecular weight excluding hydrogens is 346 g/mol. The van der Waals surface area contributed by atoms with Crippen LogP contribution in [0.3, 0.4) is 0 Å². The number of anilines is 1. The van der Waals surface area contributed by atoms with Crippen LogP contribution in [0.5, 0.6) is 0 Å². The number of rotatable bonds is 5. The van der Waals surface area contributed by atoms with Gasteiger partial charge in [-0.2, -0.15) is 5.10 Å². The Morgan fingerprint density at radius 1 is 0.964 bits per heavy atom. The highest BCUT2D eigenvalue weighted by atomic mass is 15.3. The van der Waals surface area contributed by atoms with Crippen LogP contribution in [0.25, 0.3) is 16.7 Å². The Kier molecular flexibility index (Phi) is 4.82. The number of benzene rings is 2. The summed E-state index contributed by atoms with van der Waals surface area (Å²) in [5, 5.41) is 5.60. The highest BCUT2D eigenvalue weighted by Gasteiger charge is 2.19. The Hall–Kier alpha value is -3.21. The zero-order chi connectivity index (χ0) is 19.7. The molecule has 28 heavy (non-hydrogen) atoms. The van der Waals surface area contributed by atoms with E-state index in [1.807, 2.05) is 16.9 Å². The van der Waals surface area contributed by atoms with Crippen molar-refractivity contribution in [3.8, 4) is 5.69 Å². The highest BCUT2D eigenvalue weighted by Crippen LogP contribution is 2.27. The van der Waals surface area contributed by atoms with Crippen LogP contribution in [0.15, 0.2) is 61.1 Å². The van der Waals surface area contributed by atoms with Crippen LogP contribution in [0.2, 0.25) is 0 Å². The van der Waals surface area contributed by atoms with Crippen LogP contribution in [-0.4, -0.2) is 25.8 Å². The Morgan fingerprint density at radius 2 is 1.75 bits per heavy atom. The molecule has 0 unspecified atom stereocenters. The van der Waals surface area contributed by atoms with Gasteiger partial charge in [0.15, 0.2) is 5.65 Å². The van der Waals surface area contributed by atoms with E-state index in [0.29, 0.717) is 6.04 Å². The van der Waals surface area contributed by atoms with Crippen molar-refractivity contribution in [1.82, 2.24) is 19.7 Å². The predicted molar refractivity (Wildman–Crippen MR) is 114 cm³/mol. The van der Waals surface area contributed by atoms with Crippen molar-refractivity contribution in [2.45, 2.75) is 40.3 Å². The van der Waals surface area contributed by atoms with Crippen molar-refractivity contribution in [3.63, 3.8) is 0 Å². The van der Waals surface area contributed by atoms with Crippen molar-refractivity contribution < 1.29 is 0 Å². The Bertz CT molecular complexity index is 1100. The molecule has 2 aromatic heterocycles. The fraction of sp³-hybridized carbons (Fsp3) is 0.261. The van der Waals surface area contributed by atoms with Gasteiger partial charge in [0, 0.05) is 12.6 Å². The number of aryl methyl sites for hydroxylation is 2. The Labute approximate surface area is 165 Å². The molecule has 0 fully saturated rings. The first kappa shape index (κ1) is 18.2. The maximum absolute atomic E-state index is 4.63. The van der Waals surface area contributed by atoms with Gasteiger partial charge in [-0.25, -0.2) is 14.6 Å². The van der Waals surface area contributed by atoms with Crippen LogP contribution in [0.4, 0.5) is 5.82 Å². The Balaban J connectivity index is 1.79. The standard InChI is InChI=1S/C23H25N5/c1-16(2)27(14-19-8-6-5-7-9-19)22-21-13-26-28(23(21)25-15-24-22)20-11-10-17(3)18(4)12-20/h5-13,15-16H,14H2,1-4H3. The summed E-state index contributed by atoms with van der Waals surface area (Å²) in [6.45, 7) is 9.39. The van der Waals surface area contributed by atoms with Gasteiger partial charge < -0.3 is 4.90 Å². The molecule has 2 heterocycles. The van der Waals surface area contributed by atoms with Crippen LogP contribution in [0.1, 0.15) is 30.5 Å². The van der Waals surface area contributed by atoms with Gasteiger partial charge in [0.25, 0.3) is 0 Å². The number of hydrogen-bond acceptors (Lipinski definition) is 4. The Morgan fingerprint density at radius 3 is 2.46 bits per heavy atom. The average Bonchev–Trinajstić information content (AvgIpc) is 3.13. The maximum atomic E-state index is 4.63. The predicted octanol–water partition coefficient (Wildman–Crippen LogP) is 4.85. The average molecular weight is 371 g/mol. The molecule has 4 rings (SSSR count). The third-order valence-corrected chi connectivity index (χ3v) is 5.17. The molecule has 4 aromatic rings. The third-order valence-electron chi connectivity index (χ3n) is 5.17. The molecule has 2 aromatic carbocycles. The molecular formula is C23H25N5. The fourth-order valence-corrected chi connectivity index (χ4v) is 3.39. The van der Waals surface area contributed by atoms with E-state index in [1.165, 1.54) is 16.7 Å². The van der Waals surface area contributed by atoms with Gasteiger partial charge in [0.1, 0.15) is 12.1 Å². The van der Waals surface area contributed by atoms with E-state index in [1.54, 1.807) is 6.33 Å². The van der Waals surface area contributed by atoms with E-state index in [0.717, 1.165) is 29.1 Å². The van der Waals surface area contributed by atoms with Crippen molar-refractivity contribution in [2.75, 3.05) is 4.90 Å². The van der Waals surface area contributed by atoms with Gasteiger partial charge in [0.2, 0.25) is 0 Å². The quantitative estimate of drug-likeness (QED) is 0.503. The molecule has 0 aliphatic carbocycles. The van der Waals surface area contributed by atoms with Gasteiger partial charge >= 0.3 is 0 Å². The van der Waals surface area contributed by atoms with Gasteiger partial charge in [-0.15, -0.1) is 0 Å². The summed E-state index contributed by atoms with van der Waals surface area (Å²) in [5.74, 6) is 0.916. The second-order valence-corrected chi connectivity index (χ2v) is 7.47. The zero-order valence-electron chi connectivity index (χ0n) is 16.8. The summed E-state index contributed by atoms with van der Waals surface area (Å²) >= 11 is 0. The van der Waals surface area contributed by atoms with Crippen LogP contribution < -0.4 is 4.90 Å². The number of fused-ring (bicyclic) bond motifs is 1. The van der Waals surface area contributed by atoms with E-state index < -0.39 is 0 Å². The smallest absolute Gasteiger partial charge is 0.168 e. The molecule has 0 N–H and O–H groups in total. The first-order valence-corrected chi connectivity index (χ1v) is 9.61. The van der Waals surface area contributed by atoms with Crippen LogP contribution in [-0.2, 0) is 6.54 Å². The van der Waals surface area contributed by atoms with Gasteiger partial charge in [-0.1, -0.05) is 36.4 Å². The molecule has 0 radical (unpaired) electrons. The molecule has 5 heteroatoms. The van der Waals surface area contributed by atoms with E-state index in [4.69, 9.17) is 0 Å². The second-order valence-electron chi connectivity index (χ2n) is 7.47. The summed E-state index contributed by atoms with van der Waals surface area (Å²) in [7, 11) is 0. The third kappa shape index (κ3) is 3.36. The summed E-state index contributed by atoms with van der Waals surface area (Å²) in [4.78, 5) is 11.5. The summed E-state index contributed by atoms with van der Waals surface area (Å²) in [6.07, 6.45) is 3.51. The second kappa shape index (κ2) is 7.43. The van der Waals surface area contributed by atoms with E-state index in [2.05, 4.69) is 90.1 Å². The summed E-state index contributed by atoms with van der Waals surface area (Å²) in [5.41, 5.74) is 5.60. The lowest BCUT2D eigenvalue weighted by Crippen LogP contribution is -2.31. The lowest BCUT2D eigenvalue weighted by molar-refractivity contribution is 0.674. The minimum absolute atomic E-state index is 0.295.